The lowest BCUT2D eigenvalue weighted by Crippen LogP contribution is -2.38. The van der Waals surface area contributed by atoms with E-state index in [-0.39, 0.29) is 10.8 Å². The second-order valence-corrected chi connectivity index (χ2v) is 14.4. The lowest BCUT2D eigenvalue weighted by atomic mass is 9.61. The highest BCUT2D eigenvalue weighted by molar-refractivity contribution is 5.97. The Balaban J connectivity index is 1.33. The second kappa shape index (κ2) is 10.9. The molecule has 0 saturated carbocycles. The van der Waals surface area contributed by atoms with E-state index in [9.17, 15) is 10.1 Å². The fourth-order valence-electron chi connectivity index (χ4n) is 8.98. The lowest BCUT2D eigenvalue weighted by Gasteiger charge is -2.47. The number of benzene rings is 7. The van der Waals surface area contributed by atoms with E-state index in [4.69, 9.17) is 4.42 Å². The van der Waals surface area contributed by atoms with Gasteiger partial charge in [0.1, 0.15) is 11.2 Å². The molecule has 7 aromatic carbocycles. The Labute approximate surface area is 301 Å². The van der Waals surface area contributed by atoms with Gasteiger partial charge in [0.2, 0.25) is 5.43 Å². The Morgan fingerprint density at radius 3 is 1.96 bits per heavy atom. The summed E-state index contributed by atoms with van der Waals surface area (Å²) in [5, 5.41) is 10.4. The molecule has 0 saturated heterocycles. The van der Waals surface area contributed by atoms with Crippen molar-refractivity contribution in [2.45, 2.75) is 24.7 Å². The van der Waals surface area contributed by atoms with E-state index >= 15 is 0 Å². The van der Waals surface area contributed by atoms with Crippen LogP contribution in [0.15, 0.2) is 167 Å². The molecule has 0 unspecified atom stereocenters. The summed E-state index contributed by atoms with van der Waals surface area (Å²) in [4.78, 5) is 16.4. The molecule has 246 valence electrons. The first-order valence-electron chi connectivity index (χ1n) is 17.6. The standard InChI is InChI=1S/C48H32N2O2/c1-47(2)38-18-10-9-17-34(38)36-27-43-41(28-40(36)47)48(31-13-5-3-6-14-31,32-15-7-4-8-16-32)39-19-11-12-20-42(39)50(43)33-22-24-44-37(26-33)46(51)35-23-21-30(29-49)25-45(35)52-44/h3-28H,1-2H3. The fourth-order valence-corrected chi connectivity index (χ4v) is 8.98. The third-order valence-electron chi connectivity index (χ3n) is 11.3. The van der Waals surface area contributed by atoms with Gasteiger partial charge in [-0.25, -0.2) is 0 Å². The molecule has 0 spiro atoms. The van der Waals surface area contributed by atoms with Crippen LogP contribution in [0.25, 0.3) is 33.1 Å². The summed E-state index contributed by atoms with van der Waals surface area (Å²) in [6.45, 7) is 4.66. The molecule has 1 aliphatic heterocycles. The zero-order valence-electron chi connectivity index (χ0n) is 28.7. The van der Waals surface area contributed by atoms with Crippen molar-refractivity contribution < 1.29 is 4.42 Å². The fraction of sp³-hybridized carbons (Fsp3) is 0.0833. The first-order valence-corrected chi connectivity index (χ1v) is 17.6. The van der Waals surface area contributed by atoms with E-state index in [1.807, 2.05) is 18.2 Å². The molecule has 8 aromatic rings. The highest BCUT2D eigenvalue weighted by Gasteiger charge is 2.48. The molecular formula is C48H32N2O2. The predicted molar refractivity (Wildman–Crippen MR) is 209 cm³/mol. The minimum atomic E-state index is -0.643. The normalized spacial score (nSPS) is 14.7. The smallest absolute Gasteiger partial charge is 0.200 e. The molecule has 0 fully saturated rings. The topological polar surface area (TPSA) is 57.2 Å². The maximum absolute atomic E-state index is 14.1. The summed E-state index contributed by atoms with van der Waals surface area (Å²) in [6, 6.07) is 57.0. The van der Waals surface area contributed by atoms with Crippen LogP contribution in [-0.4, -0.2) is 0 Å². The molecule has 1 aliphatic carbocycles. The summed E-state index contributed by atoms with van der Waals surface area (Å²) >= 11 is 0. The van der Waals surface area contributed by atoms with Crippen molar-refractivity contribution in [3.05, 3.63) is 207 Å². The van der Waals surface area contributed by atoms with Gasteiger partial charge in [0.15, 0.2) is 0 Å². The Kier molecular flexibility index (Phi) is 6.32. The minimum Gasteiger partial charge on any atom is -0.456 e. The summed E-state index contributed by atoms with van der Waals surface area (Å²) in [5.74, 6) is 0. The van der Waals surface area contributed by atoms with Crippen LogP contribution in [-0.2, 0) is 10.8 Å². The van der Waals surface area contributed by atoms with Gasteiger partial charge in [-0.3, -0.25) is 4.79 Å². The van der Waals surface area contributed by atoms with Crippen LogP contribution in [0.3, 0.4) is 0 Å². The van der Waals surface area contributed by atoms with Crippen molar-refractivity contribution in [3.8, 4) is 17.2 Å². The van der Waals surface area contributed by atoms with Crippen LogP contribution < -0.4 is 10.3 Å². The second-order valence-electron chi connectivity index (χ2n) is 14.4. The molecule has 0 bridgehead atoms. The number of nitriles is 1. The third-order valence-corrected chi connectivity index (χ3v) is 11.3. The van der Waals surface area contributed by atoms with Crippen molar-refractivity contribution >= 4 is 39.0 Å². The first kappa shape index (κ1) is 30.2. The minimum absolute atomic E-state index is 0.124. The zero-order chi connectivity index (χ0) is 35.2. The van der Waals surface area contributed by atoms with Gasteiger partial charge in [-0.15, -0.1) is 0 Å². The quantitative estimate of drug-likeness (QED) is 0.176. The van der Waals surface area contributed by atoms with Gasteiger partial charge in [-0.1, -0.05) is 123 Å². The average molecular weight is 669 g/mol. The molecule has 4 nitrogen and oxygen atoms in total. The van der Waals surface area contributed by atoms with Gasteiger partial charge in [0.05, 0.1) is 39.2 Å². The molecule has 52 heavy (non-hydrogen) atoms. The largest absolute Gasteiger partial charge is 0.456 e. The molecule has 1 aromatic heterocycles. The molecule has 2 heterocycles. The average Bonchev–Trinajstić information content (AvgIpc) is 3.42. The summed E-state index contributed by atoms with van der Waals surface area (Å²) < 4.78 is 6.25. The van der Waals surface area contributed by atoms with Crippen molar-refractivity contribution in [2.75, 3.05) is 4.90 Å². The highest BCUT2D eigenvalue weighted by atomic mass is 16.3. The molecular weight excluding hydrogens is 637 g/mol. The van der Waals surface area contributed by atoms with Gasteiger partial charge in [0, 0.05) is 11.1 Å². The van der Waals surface area contributed by atoms with E-state index in [1.165, 1.54) is 38.9 Å². The van der Waals surface area contributed by atoms with E-state index in [0.29, 0.717) is 27.5 Å². The Hall–Kier alpha value is -6.70. The van der Waals surface area contributed by atoms with Crippen LogP contribution in [0.4, 0.5) is 17.1 Å². The summed E-state index contributed by atoms with van der Waals surface area (Å²) in [5.41, 5.74) is 13.1. The van der Waals surface area contributed by atoms with Crippen molar-refractivity contribution in [1.29, 1.82) is 5.26 Å². The number of rotatable bonds is 3. The molecule has 0 radical (unpaired) electrons. The maximum atomic E-state index is 14.1. The van der Waals surface area contributed by atoms with Crippen LogP contribution in [0.5, 0.6) is 0 Å². The Bertz CT molecular complexity index is 2820. The molecule has 0 amide bonds. The number of hydrogen-bond donors (Lipinski definition) is 0. The summed E-state index contributed by atoms with van der Waals surface area (Å²) in [6.07, 6.45) is 0. The van der Waals surface area contributed by atoms with Crippen LogP contribution in [0.2, 0.25) is 0 Å². The zero-order valence-corrected chi connectivity index (χ0v) is 28.7. The predicted octanol–water partition coefficient (Wildman–Crippen LogP) is 11.3. The van der Waals surface area contributed by atoms with Gasteiger partial charge in [0.25, 0.3) is 0 Å². The Morgan fingerprint density at radius 1 is 0.558 bits per heavy atom. The highest BCUT2D eigenvalue weighted by Crippen LogP contribution is 2.61. The number of nitrogens with zero attached hydrogens (tertiary/aromatic N) is 2. The molecule has 0 N–H and O–H groups in total. The third kappa shape index (κ3) is 3.99. The van der Waals surface area contributed by atoms with Gasteiger partial charge in [-0.05, 0) is 93.0 Å². The van der Waals surface area contributed by atoms with Crippen molar-refractivity contribution in [3.63, 3.8) is 0 Å². The number of para-hydroxylation sites is 1. The van der Waals surface area contributed by atoms with E-state index in [1.54, 1.807) is 18.2 Å². The summed E-state index contributed by atoms with van der Waals surface area (Å²) in [7, 11) is 0. The van der Waals surface area contributed by atoms with Crippen molar-refractivity contribution in [2.24, 2.45) is 0 Å². The maximum Gasteiger partial charge on any atom is 0.200 e. The monoisotopic (exact) mass is 668 g/mol. The Morgan fingerprint density at radius 2 is 1.23 bits per heavy atom. The molecule has 2 aliphatic rings. The van der Waals surface area contributed by atoms with Gasteiger partial charge in [-0.2, -0.15) is 5.26 Å². The first-order chi connectivity index (χ1) is 25.4. The molecule has 4 heteroatoms. The lowest BCUT2D eigenvalue weighted by molar-refractivity contribution is 0.653. The number of fused-ring (bicyclic) bond motifs is 7. The van der Waals surface area contributed by atoms with Crippen LogP contribution in [0, 0.1) is 11.3 Å². The number of hydrogen-bond acceptors (Lipinski definition) is 4. The number of anilines is 3. The van der Waals surface area contributed by atoms with Gasteiger partial charge >= 0.3 is 0 Å². The van der Waals surface area contributed by atoms with Crippen LogP contribution in [0.1, 0.15) is 52.8 Å². The van der Waals surface area contributed by atoms with Crippen LogP contribution >= 0.6 is 0 Å². The van der Waals surface area contributed by atoms with Gasteiger partial charge < -0.3 is 9.32 Å². The molecule has 0 atom stereocenters. The van der Waals surface area contributed by atoms with E-state index < -0.39 is 5.41 Å². The van der Waals surface area contributed by atoms with E-state index in [2.05, 4.69) is 146 Å². The SMILES string of the molecule is CC1(C)c2ccccc2-c2cc3c(cc21)C(c1ccccc1)(c1ccccc1)c1ccccc1N3c1ccc2oc3cc(C#N)ccc3c(=O)c2c1. The van der Waals surface area contributed by atoms with E-state index in [0.717, 1.165) is 22.6 Å². The molecule has 10 rings (SSSR count). The van der Waals surface area contributed by atoms with Crippen molar-refractivity contribution in [1.82, 2.24) is 0 Å².